The number of oxime groups is 1. The Morgan fingerprint density at radius 1 is 1.78 bits per heavy atom. The molecule has 1 atom stereocenters. The number of amides is 2. The molecule has 9 nitrogen and oxygen atoms in total. The maximum Gasteiger partial charge on any atom is 0.317 e. The number of hydrogen-bond acceptors (Lipinski definition) is 7. The fourth-order valence-electron chi connectivity index (χ4n) is 1.50. The maximum absolute atomic E-state index is 11.3. The average Bonchev–Trinajstić information content (AvgIpc) is 2.93. The molecule has 18 heavy (non-hydrogen) atoms. The standard InChI is InChI=1S/C8H12N6O3S/c1-14-2-4(10-8(14)15)3-18-7-5(6(9)11-16)12-17-13-7/h4,16H,2-3H2,1H3,(H2,9,11)(H,10,15)/t4-/m0/s1. The molecule has 1 saturated heterocycles. The summed E-state index contributed by atoms with van der Waals surface area (Å²) in [5.74, 6) is 0.432. The summed E-state index contributed by atoms with van der Waals surface area (Å²) in [6.45, 7) is 0.621. The first-order chi connectivity index (χ1) is 8.61. The van der Waals surface area contributed by atoms with Crippen molar-refractivity contribution in [2.24, 2.45) is 10.9 Å². The largest absolute Gasteiger partial charge is 0.409 e. The number of thioether (sulfide) groups is 1. The summed E-state index contributed by atoms with van der Waals surface area (Å²) in [6.07, 6.45) is 0. The molecule has 1 fully saturated rings. The highest BCUT2D eigenvalue weighted by atomic mass is 32.2. The van der Waals surface area contributed by atoms with Crippen molar-refractivity contribution in [1.29, 1.82) is 0 Å². The third-order valence-electron chi connectivity index (χ3n) is 2.40. The van der Waals surface area contributed by atoms with Gasteiger partial charge in [-0.05, 0) is 10.3 Å². The van der Waals surface area contributed by atoms with Crippen LogP contribution in [0.5, 0.6) is 0 Å². The quantitative estimate of drug-likeness (QED) is 0.217. The van der Waals surface area contributed by atoms with Crippen LogP contribution in [0.25, 0.3) is 0 Å². The number of urea groups is 1. The van der Waals surface area contributed by atoms with Gasteiger partial charge in [0.05, 0.1) is 6.04 Å². The molecule has 1 aliphatic rings. The molecule has 1 aromatic heterocycles. The monoisotopic (exact) mass is 272 g/mol. The third-order valence-corrected chi connectivity index (χ3v) is 3.51. The Morgan fingerprint density at radius 2 is 2.56 bits per heavy atom. The summed E-state index contributed by atoms with van der Waals surface area (Å²) in [4.78, 5) is 12.8. The van der Waals surface area contributed by atoms with Crippen molar-refractivity contribution < 1.29 is 14.6 Å². The van der Waals surface area contributed by atoms with Gasteiger partial charge < -0.3 is 21.2 Å². The molecule has 2 heterocycles. The van der Waals surface area contributed by atoms with E-state index in [1.54, 1.807) is 11.9 Å². The number of rotatable bonds is 4. The van der Waals surface area contributed by atoms with E-state index in [9.17, 15) is 4.79 Å². The van der Waals surface area contributed by atoms with Crippen molar-refractivity contribution in [2.45, 2.75) is 11.1 Å². The van der Waals surface area contributed by atoms with E-state index >= 15 is 0 Å². The lowest BCUT2D eigenvalue weighted by atomic mass is 10.4. The van der Waals surface area contributed by atoms with Crippen molar-refractivity contribution in [3.63, 3.8) is 0 Å². The Morgan fingerprint density at radius 3 is 3.17 bits per heavy atom. The van der Waals surface area contributed by atoms with Gasteiger partial charge in [0, 0.05) is 19.3 Å². The minimum Gasteiger partial charge on any atom is -0.409 e. The van der Waals surface area contributed by atoms with E-state index in [2.05, 4.69) is 25.4 Å². The second kappa shape index (κ2) is 5.12. The topological polar surface area (TPSA) is 130 Å². The molecule has 0 bridgehead atoms. The van der Waals surface area contributed by atoms with E-state index < -0.39 is 0 Å². The van der Waals surface area contributed by atoms with Crippen LogP contribution < -0.4 is 11.1 Å². The minimum absolute atomic E-state index is 0.0179. The molecule has 1 aliphatic heterocycles. The van der Waals surface area contributed by atoms with Crippen LogP contribution in [0, 0.1) is 0 Å². The Balaban J connectivity index is 1.95. The van der Waals surface area contributed by atoms with Gasteiger partial charge in [-0.25, -0.2) is 9.42 Å². The molecule has 0 radical (unpaired) electrons. The zero-order valence-corrected chi connectivity index (χ0v) is 10.3. The second-order valence-electron chi connectivity index (χ2n) is 3.74. The van der Waals surface area contributed by atoms with E-state index in [1.807, 2.05) is 0 Å². The summed E-state index contributed by atoms with van der Waals surface area (Å²) < 4.78 is 4.54. The fraction of sp³-hybridized carbons (Fsp3) is 0.500. The van der Waals surface area contributed by atoms with Crippen LogP contribution in [-0.4, -0.2) is 57.7 Å². The van der Waals surface area contributed by atoms with Crippen molar-refractivity contribution >= 4 is 23.6 Å². The molecule has 0 unspecified atom stereocenters. The number of carbonyl (C=O) groups excluding carboxylic acids is 1. The normalized spacial score (nSPS) is 20.3. The summed E-state index contributed by atoms with van der Waals surface area (Å²) in [5.41, 5.74) is 5.61. The highest BCUT2D eigenvalue weighted by molar-refractivity contribution is 7.99. The molecular formula is C8H12N6O3S. The Hall–Kier alpha value is -1.97. The first-order valence-corrected chi connectivity index (χ1v) is 6.05. The summed E-state index contributed by atoms with van der Waals surface area (Å²) >= 11 is 1.32. The summed E-state index contributed by atoms with van der Waals surface area (Å²) in [7, 11) is 1.72. The number of nitrogens with one attached hydrogen (secondary N) is 1. The molecule has 4 N–H and O–H groups in total. The van der Waals surface area contributed by atoms with Gasteiger partial charge in [-0.2, -0.15) is 0 Å². The van der Waals surface area contributed by atoms with Gasteiger partial charge in [0.15, 0.2) is 16.6 Å². The predicted molar refractivity (Wildman–Crippen MR) is 62.5 cm³/mol. The van der Waals surface area contributed by atoms with Gasteiger partial charge in [-0.3, -0.25) is 0 Å². The van der Waals surface area contributed by atoms with Crippen LogP contribution >= 0.6 is 11.8 Å². The lowest BCUT2D eigenvalue weighted by Crippen LogP contribution is -2.28. The summed E-state index contributed by atoms with van der Waals surface area (Å²) in [6, 6.07) is -0.0834. The number of aromatic nitrogens is 2. The predicted octanol–water partition coefficient (Wildman–Crippen LogP) is -0.720. The minimum atomic E-state index is -0.161. The number of nitrogens with zero attached hydrogens (tertiary/aromatic N) is 4. The van der Waals surface area contributed by atoms with Gasteiger partial charge in [0.25, 0.3) is 0 Å². The van der Waals surface area contributed by atoms with E-state index in [0.717, 1.165) is 0 Å². The number of hydrogen-bond donors (Lipinski definition) is 3. The Labute approximate surface area is 106 Å². The molecule has 1 aromatic rings. The lowest BCUT2D eigenvalue weighted by molar-refractivity contribution is 0.226. The second-order valence-corrected chi connectivity index (χ2v) is 4.75. The van der Waals surface area contributed by atoms with Gasteiger partial charge >= 0.3 is 6.03 Å². The smallest absolute Gasteiger partial charge is 0.317 e. The SMILES string of the molecule is CN1C[C@@H](CSc2nonc2/C(N)=N/O)NC1=O. The van der Waals surface area contributed by atoms with Crippen LogP contribution in [0.3, 0.4) is 0 Å². The average molecular weight is 272 g/mol. The molecule has 2 rings (SSSR count). The third kappa shape index (κ3) is 2.47. The van der Waals surface area contributed by atoms with Gasteiger partial charge in [0.1, 0.15) is 0 Å². The molecule has 10 heteroatoms. The Kier molecular flexibility index (Phi) is 3.55. The zero-order chi connectivity index (χ0) is 13.1. The number of nitrogens with two attached hydrogens (primary N) is 1. The molecule has 2 amide bonds. The van der Waals surface area contributed by atoms with Crippen molar-refractivity contribution in [3.05, 3.63) is 5.69 Å². The molecule has 98 valence electrons. The van der Waals surface area contributed by atoms with E-state index in [1.165, 1.54) is 11.8 Å². The highest BCUT2D eigenvalue weighted by Gasteiger charge is 2.26. The van der Waals surface area contributed by atoms with Crippen LogP contribution in [-0.2, 0) is 0 Å². The van der Waals surface area contributed by atoms with Gasteiger partial charge in [0.2, 0.25) is 0 Å². The van der Waals surface area contributed by atoms with E-state index in [0.29, 0.717) is 17.3 Å². The van der Waals surface area contributed by atoms with E-state index in [-0.39, 0.29) is 23.6 Å². The van der Waals surface area contributed by atoms with Crippen LogP contribution in [0.4, 0.5) is 4.79 Å². The Bertz CT molecular complexity index is 475. The lowest BCUT2D eigenvalue weighted by Gasteiger charge is -2.07. The van der Waals surface area contributed by atoms with Crippen LogP contribution in [0.1, 0.15) is 5.69 Å². The molecule has 0 spiro atoms. The van der Waals surface area contributed by atoms with Crippen molar-refractivity contribution in [2.75, 3.05) is 19.3 Å². The summed E-state index contributed by atoms with van der Waals surface area (Å²) in [5, 5.41) is 21.8. The highest BCUT2D eigenvalue weighted by Crippen LogP contribution is 2.21. The van der Waals surface area contributed by atoms with Crippen molar-refractivity contribution in [1.82, 2.24) is 20.5 Å². The van der Waals surface area contributed by atoms with E-state index in [4.69, 9.17) is 10.9 Å². The molecular weight excluding hydrogens is 260 g/mol. The number of likely N-dealkylation sites (N-methyl/N-ethyl adjacent to an activating group) is 1. The molecule has 0 aromatic carbocycles. The zero-order valence-electron chi connectivity index (χ0n) is 9.53. The fourth-order valence-corrected chi connectivity index (χ4v) is 2.41. The van der Waals surface area contributed by atoms with Crippen molar-refractivity contribution in [3.8, 4) is 0 Å². The van der Waals surface area contributed by atoms with Gasteiger partial charge in [-0.15, -0.1) is 0 Å². The molecule has 0 saturated carbocycles. The number of carbonyl (C=O) groups is 1. The maximum atomic E-state index is 11.3. The first kappa shape index (κ1) is 12.5. The first-order valence-electron chi connectivity index (χ1n) is 5.06. The van der Waals surface area contributed by atoms with Crippen LogP contribution in [0.15, 0.2) is 14.8 Å². The number of amidine groups is 1. The molecule has 0 aliphatic carbocycles. The van der Waals surface area contributed by atoms with Crippen LogP contribution in [0.2, 0.25) is 0 Å². The van der Waals surface area contributed by atoms with Gasteiger partial charge in [-0.1, -0.05) is 16.9 Å².